The van der Waals surface area contributed by atoms with Gasteiger partial charge in [-0.2, -0.15) is 0 Å². The molecule has 1 amide bonds. The summed E-state index contributed by atoms with van der Waals surface area (Å²) in [6.07, 6.45) is 1.34. The van der Waals surface area contributed by atoms with Crippen molar-refractivity contribution in [1.29, 1.82) is 0 Å². The lowest BCUT2D eigenvalue weighted by atomic mass is 9.95. The third-order valence-electron chi connectivity index (χ3n) is 5.63. The number of carbonyl (C=O) groups is 2. The Morgan fingerprint density at radius 1 is 1.15 bits per heavy atom. The van der Waals surface area contributed by atoms with E-state index in [2.05, 4.69) is 0 Å². The molecule has 176 valence electrons. The van der Waals surface area contributed by atoms with E-state index in [1.165, 1.54) is 12.3 Å². The van der Waals surface area contributed by atoms with E-state index in [0.717, 1.165) is 22.6 Å². The predicted octanol–water partition coefficient (Wildman–Crippen LogP) is 5.71. The SMILES string of the molecule is CCOc1ccc(/C(O)=C2/C(=O)C(=O)N(c3ccc(F)cc3F)C2c2ccco2)cc1C(C)C. The third-order valence-corrected chi connectivity index (χ3v) is 5.63. The van der Waals surface area contributed by atoms with Crippen LogP contribution in [-0.2, 0) is 9.59 Å². The van der Waals surface area contributed by atoms with Crippen molar-refractivity contribution in [2.75, 3.05) is 11.5 Å². The summed E-state index contributed by atoms with van der Waals surface area (Å²) in [5.41, 5.74) is 0.529. The van der Waals surface area contributed by atoms with Crippen LogP contribution in [0.4, 0.5) is 14.5 Å². The molecule has 4 rings (SSSR count). The summed E-state index contributed by atoms with van der Waals surface area (Å²) in [6, 6.07) is 9.44. The molecule has 2 heterocycles. The topological polar surface area (TPSA) is 80.0 Å². The molecule has 34 heavy (non-hydrogen) atoms. The first-order chi connectivity index (χ1) is 16.2. The van der Waals surface area contributed by atoms with Crippen molar-refractivity contribution in [3.05, 3.63) is 88.9 Å². The number of hydrogen-bond acceptors (Lipinski definition) is 5. The summed E-state index contributed by atoms with van der Waals surface area (Å²) in [7, 11) is 0. The van der Waals surface area contributed by atoms with Gasteiger partial charge in [-0.3, -0.25) is 14.5 Å². The molecule has 6 nitrogen and oxygen atoms in total. The lowest BCUT2D eigenvalue weighted by Gasteiger charge is -2.24. The van der Waals surface area contributed by atoms with E-state index in [-0.39, 0.29) is 22.9 Å². The number of amides is 1. The first kappa shape index (κ1) is 23.2. The van der Waals surface area contributed by atoms with Crippen LogP contribution in [0.2, 0.25) is 0 Å². The summed E-state index contributed by atoms with van der Waals surface area (Å²) in [5.74, 6) is -3.54. The number of aliphatic hydroxyl groups excluding tert-OH is 1. The number of carbonyl (C=O) groups excluding carboxylic acids is 2. The zero-order valence-electron chi connectivity index (χ0n) is 18.8. The van der Waals surface area contributed by atoms with Crippen molar-refractivity contribution in [3.63, 3.8) is 0 Å². The summed E-state index contributed by atoms with van der Waals surface area (Å²) in [4.78, 5) is 27.0. The normalized spacial score (nSPS) is 17.6. The summed E-state index contributed by atoms with van der Waals surface area (Å²) in [6.45, 7) is 6.23. The minimum absolute atomic E-state index is 0.0471. The van der Waals surface area contributed by atoms with E-state index in [1.54, 1.807) is 24.3 Å². The van der Waals surface area contributed by atoms with Gasteiger partial charge in [0.1, 0.15) is 34.9 Å². The molecule has 0 aliphatic carbocycles. The highest BCUT2D eigenvalue weighted by Crippen LogP contribution is 2.43. The third kappa shape index (κ3) is 3.96. The van der Waals surface area contributed by atoms with Gasteiger partial charge in [0.15, 0.2) is 0 Å². The van der Waals surface area contributed by atoms with E-state index in [9.17, 15) is 23.5 Å². The standard InChI is InChI=1S/C26H23F2NO5/c1-4-33-20-10-7-15(12-17(20)14(2)3)24(30)22-23(21-6-5-11-34-21)29(26(32)25(22)31)19-9-8-16(27)13-18(19)28/h5-14,23,30H,4H2,1-3H3/b24-22-. The Hall–Kier alpha value is -3.94. The summed E-state index contributed by atoms with van der Waals surface area (Å²) in [5, 5.41) is 11.2. The summed E-state index contributed by atoms with van der Waals surface area (Å²) >= 11 is 0. The van der Waals surface area contributed by atoms with E-state index in [0.29, 0.717) is 24.0 Å². The second-order valence-electron chi connectivity index (χ2n) is 8.12. The molecule has 1 saturated heterocycles. The number of ketones is 1. The molecule has 8 heteroatoms. The van der Waals surface area contributed by atoms with Gasteiger partial charge in [0.2, 0.25) is 0 Å². The van der Waals surface area contributed by atoms with Crippen molar-refractivity contribution in [2.24, 2.45) is 0 Å². The molecular formula is C26H23F2NO5. The van der Waals surface area contributed by atoms with Gasteiger partial charge in [-0.1, -0.05) is 13.8 Å². The van der Waals surface area contributed by atoms with E-state index in [1.807, 2.05) is 20.8 Å². The van der Waals surface area contributed by atoms with Gasteiger partial charge < -0.3 is 14.3 Å². The van der Waals surface area contributed by atoms with Crippen LogP contribution in [0.25, 0.3) is 5.76 Å². The lowest BCUT2D eigenvalue weighted by molar-refractivity contribution is -0.132. The van der Waals surface area contributed by atoms with Gasteiger partial charge in [-0.15, -0.1) is 0 Å². The number of ether oxygens (including phenoxy) is 1. The number of aliphatic hydroxyl groups is 1. The fourth-order valence-corrected chi connectivity index (χ4v) is 4.06. The highest BCUT2D eigenvalue weighted by atomic mass is 19.1. The number of benzene rings is 2. The van der Waals surface area contributed by atoms with Crippen LogP contribution in [0.5, 0.6) is 5.75 Å². The number of furan rings is 1. The fraction of sp³-hybridized carbons (Fsp3) is 0.231. The van der Waals surface area contributed by atoms with Crippen LogP contribution in [0.1, 0.15) is 49.6 Å². The molecule has 1 unspecified atom stereocenters. The molecular weight excluding hydrogens is 444 g/mol. The molecule has 1 N–H and O–H groups in total. The van der Waals surface area contributed by atoms with Crippen LogP contribution in [0.15, 0.2) is 64.8 Å². The highest BCUT2D eigenvalue weighted by molar-refractivity contribution is 6.51. The Balaban J connectivity index is 1.91. The molecule has 1 aliphatic heterocycles. The molecule has 0 spiro atoms. The quantitative estimate of drug-likeness (QED) is 0.286. The van der Waals surface area contributed by atoms with Crippen LogP contribution in [0.3, 0.4) is 0 Å². The first-order valence-electron chi connectivity index (χ1n) is 10.8. The van der Waals surface area contributed by atoms with E-state index < -0.39 is 35.1 Å². The predicted molar refractivity (Wildman–Crippen MR) is 122 cm³/mol. The van der Waals surface area contributed by atoms with Crippen molar-refractivity contribution >= 4 is 23.1 Å². The van der Waals surface area contributed by atoms with Gasteiger partial charge in [0, 0.05) is 11.6 Å². The zero-order valence-corrected chi connectivity index (χ0v) is 18.8. The largest absolute Gasteiger partial charge is 0.507 e. The molecule has 1 fully saturated rings. The lowest BCUT2D eigenvalue weighted by Crippen LogP contribution is -2.30. The van der Waals surface area contributed by atoms with Crippen LogP contribution < -0.4 is 9.64 Å². The van der Waals surface area contributed by atoms with Crippen molar-refractivity contribution in [2.45, 2.75) is 32.7 Å². The monoisotopic (exact) mass is 467 g/mol. The van der Waals surface area contributed by atoms with E-state index >= 15 is 0 Å². The molecule has 0 radical (unpaired) electrons. The average Bonchev–Trinajstić information content (AvgIpc) is 3.41. The number of nitrogens with zero attached hydrogens (tertiary/aromatic N) is 1. The Kier molecular flexibility index (Phi) is 6.24. The number of rotatable bonds is 6. The molecule has 1 aliphatic rings. The zero-order chi connectivity index (χ0) is 24.6. The summed E-state index contributed by atoms with van der Waals surface area (Å²) < 4.78 is 39.3. The molecule has 1 atom stereocenters. The average molecular weight is 467 g/mol. The number of anilines is 1. The number of halogens is 2. The smallest absolute Gasteiger partial charge is 0.300 e. The Morgan fingerprint density at radius 3 is 2.53 bits per heavy atom. The Labute approximate surface area is 195 Å². The van der Waals surface area contributed by atoms with Crippen molar-refractivity contribution < 1.29 is 32.6 Å². The minimum Gasteiger partial charge on any atom is -0.507 e. The van der Waals surface area contributed by atoms with Gasteiger partial charge in [0.25, 0.3) is 11.7 Å². The maximum absolute atomic E-state index is 14.7. The molecule has 3 aromatic rings. The van der Waals surface area contributed by atoms with Gasteiger partial charge in [0.05, 0.1) is 24.1 Å². The van der Waals surface area contributed by atoms with Gasteiger partial charge in [-0.25, -0.2) is 8.78 Å². The molecule has 0 saturated carbocycles. The number of hydrogen-bond donors (Lipinski definition) is 1. The molecule has 2 aromatic carbocycles. The van der Waals surface area contributed by atoms with E-state index in [4.69, 9.17) is 9.15 Å². The Bertz CT molecular complexity index is 1280. The van der Waals surface area contributed by atoms with Crippen LogP contribution in [0, 0.1) is 11.6 Å². The second-order valence-corrected chi connectivity index (χ2v) is 8.12. The van der Waals surface area contributed by atoms with Crippen molar-refractivity contribution in [3.8, 4) is 5.75 Å². The van der Waals surface area contributed by atoms with Crippen LogP contribution in [-0.4, -0.2) is 23.4 Å². The Morgan fingerprint density at radius 2 is 1.91 bits per heavy atom. The maximum Gasteiger partial charge on any atom is 0.300 e. The van der Waals surface area contributed by atoms with Gasteiger partial charge >= 0.3 is 0 Å². The van der Waals surface area contributed by atoms with Gasteiger partial charge in [-0.05, 0) is 60.9 Å². The van der Waals surface area contributed by atoms with Crippen LogP contribution >= 0.6 is 0 Å². The first-order valence-corrected chi connectivity index (χ1v) is 10.8. The molecule has 0 bridgehead atoms. The maximum atomic E-state index is 14.7. The van der Waals surface area contributed by atoms with Crippen molar-refractivity contribution in [1.82, 2.24) is 0 Å². The minimum atomic E-state index is -1.25. The second kappa shape index (κ2) is 9.13. The molecule has 1 aromatic heterocycles. The number of Topliss-reactive ketones (excluding diaryl/α,β-unsaturated/α-hetero) is 1. The fourth-order valence-electron chi connectivity index (χ4n) is 4.06. The highest BCUT2D eigenvalue weighted by Gasteiger charge is 2.49.